The largest absolute Gasteiger partial charge is 0.494 e. The van der Waals surface area contributed by atoms with Crippen LogP contribution in [0.3, 0.4) is 0 Å². The van der Waals surface area contributed by atoms with E-state index in [4.69, 9.17) is 18.9 Å². The van der Waals surface area contributed by atoms with Crippen molar-refractivity contribution in [3.05, 3.63) is 150 Å². The van der Waals surface area contributed by atoms with Crippen LogP contribution in [0.25, 0.3) is 0 Å². The van der Waals surface area contributed by atoms with Gasteiger partial charge in [-0.15, -0.1) is 0 Å². The third-order valence-corrected chi connectivity index (χ3v) is 8.01. The van der Waals surface area contributed by atoms with E-state index in [1.54, 1.807) is 24.3 Å². The second-order valence-corrected chi connectivity index (χ2v) is 11.9. The fourth-order valence-corrected chi connectivity index (χ4v) is 5.10. The van der Waals surface area contributed by atoms with Gasteiger partial charge < -0.3 is 18.9 Å². The van der Waals surface area contributed by atoms with Crippen molar-refractivity contribution in [3.63, 3.8) is 0 Å². The normalized spacial score (nSPS) is 9.96. The number of hydrogen-bond donors (Lipinski definition) is 0. The second-order valence-electron chi connectivity index (χ2n) is 10.9. The van der Waals surface area contributed by atoms with Crippen LogP contribution < -0.4 is 9.47 Å². The summed E-state index contributed by atoms with van der Waals surface area (Å²) >= 11 is 1.14. The number of thioether (sulfide) groups is 1. The molecule has 0 radical (unpaired) electrons. The molecule has 0 spiro atoms. The zero-order chi connectivity index (χ0) is 36.1. The fourth-order valence-electron chi connectivity index (χ4n) is 4.36. The van der Waals surface area contributed by atoms with Crippen LogP contribution in [-0.2, 0) is 19.1 Å². The Morgan fingerprint density at radius 3 is 1.43 bits per heavy atom. The third-order valence-electron chi connectivity index (χ3n) is 7.08. The third kappa shape index (κ3) is 14.2. The van der Waals surface area contributed by atoms with Crippen LogP contribution in [0.1, 0.15) is 58.3 Å². The molecule has 0 saturated carbocycles. The smallest absolute Gasteiger partial charge is 0.330 e. The monoisotopic (exact) mass is 698 g/mol. The molecular weight excluding hydrogens is 661 g/mol. The highest BCUT2D eigenvalue weighted by atomic mass is 32.2. The highest BCUT2D eigenvalue weighted by Crippen LogP contribution is 2.24. The van der Waals surface area contributed by atoms with E-state index in [2.05, 4.69) is 36.8 Å². The number of rotatable bonds is 16. The molecule has 258 valence electrons. The van der Waals surface area contributed by atoms with Crippen LogP contribution in [0.2, 0.25) is 0 Å². The van der Waals surface area contributed by atoms with Crippen molar-refractivity contribution in [1.29, 1.82) is 0 Å². The molecule has 4 aromatic carbocycles. The number of unbranched alkanes of at least 4 members (excludes halogenated alkanes) is 3. The zero-order valence-corrected chi connectivity index (χ0v) is 29.0. The van der Waals surface area contributed by atoms with Crippen molar-refractivity contribution in [2.75, 3.05) is 26.4 Å². The molecule has 51 heavy (non-hydrogen) atoms. The van der Waals surface area contributed by atoms with E-state index in [1.165, 1.54) is 6.08 Å². The van der Waals surface area contributed by atoms with Crippen molar-refractivity contribution in [2.24, 2.45) is 0 Å². The predicted octanol–water partition coefficient (Wildman–Crippen LogP) is 8.20. The average molecular weight is 699 g/mol. The molecule has 0 N–H and O–H groups in total. The van der Waals surface area contributed by atoms with Gasteiger partial charge in [-0.05, 0) is 135 Å². The van der Waals surface area contributed by atoms with E-state index >= 15 is 0 Å². The van der Waals surface area contributed by atoms with Gasteiger partial charge in [-0.3, -0.25) is 4.79 Å². The summed E-state index contributed by atoms with van der Waals surface area (Å²) in [6, 6.07) is 29.9. The molecule has 0 unspecified atom stereocenters. The molecule has 4 aromatic rings. The van der Waals surface area contributed by atoms with Crippen LogP contribution in [0, 0.1) is 23.7 Å². The number of ether oxygens (including phenoxy) is 4. The standard InChI is InChI=1S/C43H38O7S/c1-3-41(44)49-30-8-6-5-7-29-47-38-23-17-35(18-24-38)15-13-33-9-11-34(12-10-33)14-16-36-19-27-40(28-20-36)51-43(46)37-21-25-39(26-22-37)48-31-32-50-42(45)4-2/h3-4,9-12,17-28H,1-2,5-8,29-32H2. The number of carbonyl (C=O) groups is 3. The van der Waals surface area contributed by atoms with Crippen LogP contribution in [-0.4, -0.2) is 43.5 Å². The summed E-state index contributed by atoms with van der Waals surface area (Å²) in [6.07, 6.45) is 6.02. The lowest BCUT2D eigenvalue weighted by Gasteiger charge is -2.07. The van der Waals surface area contributed by atoms with Gasteiger partial charge in [-0.1, -0.05) is 36.8 Å². The van der Waals surface area contributed by atoms with Gasteiger partial charge in [0.2, 0.25) is 5.12 Å². The molecule has 0 saturated heterocycles. The summed E-state index contributed by atoms with van der Waals surface area (Å²) < 4.78 is 21.2. The van der Waals surface area contributed by atoms with Gasteiger partial charge in [0.25, 0.3) is 0 Å². The zero-order valence-electron chi connectivity index (χ0n) is 28.2. The first-order valence-electron chi connectivity index (χ1n) is 16.4. The number of hydrogen-bond acceptors (Lipinski definition) is 8. The second kappa shape index (κ2) is 21.2. The van der Waals surface area contributed by atoms with Gasteiger partial charge in [0.15, 0.2) is 0 Å². The lowest BCUT2D eigenvalue weighted by molar-refractivity contribution is -0.139. The molecule has 0 aliphatic rings. The van der Waals surface area contributed by atoms with Gasteiger partial charge in [-0.2, -0.15) is 0 Å². The Kier molecular flexibility index (Phi) is 15.7. The number of esters is 2. The van der Waals surface area contributed by atoms with Crippen LogP contribution >= 0.6 is 11.8 Å². The maximum atomic E-state index is 12.8. The Hall–Kier alpha value is -5.96. The predicted molar refractivity (Wildman–Crippen MR) is 200 cm³/mol. The summed E-state index contributed by atoms with van der Waals surface area (Å²) in [5.74, 6) is 13.2. The molecule has 0 aliphatic heterocycles. The molecule has 7 nitrogen and oxygen atoms in total. The topological polar surface area (TPSA) is 88.1 Å². The van der Waals surface area contributed by atoms with Crippen LogP contribution in [0.4, 0.5) is 0 Å². The van der Waals surface area contributed by atoms with Crippen LogP contribution in [0.15, 0.2) is 127 Å². The molecule has 0 amide bonds. The maximum Gasteiger partial charge on any atom is 0.330 e. The van der Waals surface area contributed by atoms with E-state index in [0.717, 1.165) is 76.4 Å². The lowest BCUT2D eigenvalue weighted by Crippen LogP contribution is -2.10. The molecule has 4 rings (SSSR count). The van der Waals surface area contributed by atoms with Crippen molar-refractivity contribution in [1.82, 2.24) is 0 Å². The molecule has 8 heteroatoms. The molecule has 0 aliphatic carbocycles. The number of benzene rings is 4. The molecular formula is C43H38O7S. The fraction of sp³-hybridized carbons (Fsp3) is 0.186. The van der Waals surface area contributed by atoms with Gasteiger partial charge in [0.05, 0.1) is 13.2 Å². The van der Waals surface area contributed by atoms with Crippen molar-refractivity contribution in [2.45, 2.75) is 30.6 Å². The lowest BCUT2D eigenvalue weighted by atomic mass is 10.1. The minimum absolute atomic E-state index is 0.0869. The summed E-state index contributed by atoms with van der Waals surface area (Å²) in [5.41, 5.74) is 4.05. The Bertz CT molecular complexity index is 1890. The van der Waals surface area contributed by atoms with Gasteiger partial charge in [0.1, 0.15) is 24.7 Å². The van der Waals surface area contributed by atoms with Gasteiger partial charge in [-0.25, -0.2) is 9.59 Å². The summed E-state index contributed by atoms with van der Waals surface area (Å²) in [6.45, 7) is 8.09. The molecule has 0 aromatic heterocycles. The minimum atomic E-state index is -0.501. The molecule has 0 heterocycles. The van der Waals surface area contributed by atoms with Crippen LogP contribution in [0.5, 0.6) is 11.5 Å². The van der Waals surface area contributed by atoms with E-state index in [0.29, 0.717) is 24.5 Å². The highest BCUT2D eigenvalue weighted by Gasteiger charge is 2.09. The first kappa shape index (κ1) is 37.9. The van der Waals surface area contributed by atoms with Crippen molar-refractivity contribution in [3.8, 4) is 35.2 Å². The Balaban J connectivity index is 1.17. The average Bonchev–Trinajstić information content (AvgIpc) is 3.17. The minimum Gasteiger partial charge on any atom is -0.494 e. The first-order chi connectivity index (χ1) is 24.9. The molecule has 0 fully saturated rings. The summed E-state index contributed by atoms with van der Waals surface area (Å²) in [4.78, 5) is 35.7. The van der Waals surface area contributed by atoms with Gasteiger partial charge in [0, 0.05) is 44.9 Å². The Morgan fingerprint density at radius 1 is 0.510 bits per heavy atom. The van der Waals surface area contributed by atoms with Gasteiger partial charge >= 0.3 is 11.9 Å². The Morgan fingerprint density at radius 2 is 0.922 bits per heavy atom. The van der Waals surface area contributed by atoms with Crippen molar-refractivity contribution < 1.29 is 33.3 Å². The number of carbonyl (C=O) groups excluding carboxylic acids is 3. The van der Waals surface area contributed by atoms with Crippen molar-refractivity contribution >= 4 is 28.8 Å². The SMILES string of the molecule is C=CC(=O)OCCCCCCOc1ccc(C#Cc2ccc(C#Cc3ccc(SC(=O)c4ccc(OCCOC(=O)C=C)cc4)cc3)cc2)cc1. The highest BCUT2D eigenvalue weighted by molar-refractivity contribution is 8.14. The summed E-state index contributed by atoms with van der Waals surface area (Å²) in [7, 11) is 0. The van der Waals surface area contributed by atoms with E-state index in [1.807, 2.05) is 72.8 Å². The van der Waals surface area contributed by atoms with E-state index in [9.17, 15) is 14.4 Å². The van der Waals surface area contributed by atoms with E-state index < -0.39 is 5.97 Å². The molecule has 0 atom stereocenters. The summed E-state index contributed by atoms with van der Waals surface area (Å²) in [5, 5.41) is -0.0869. The quantitative estimate of drug-likeness (QED) is 0.0381. The first-order valence-corrected chi connectivity index (χ1v) is 17.2. The molecule has 0 bridgehead atoms. The maximum absolute atomic E-state index is 12.8. The Labute approximate surface area is 303 Å². The van der Waals surface area contributed by atoms with E-state index in [-0.39, 0.29) is 24.3 Å².